The molecule has 0 heterocycles. The van der Waals surface area contributed by atoms with E-state index >= 15 is 0 Å². The van der Waals surface area contributed by atoms with Gasteiger partial charge in [-0.1, -0.05) is 6.58 Å². The van der Waals surface area contributed by atoms with Crippen LogP contribution in [0.2, 0.25) is 0 Å². The lowest BCUT2D eigenvalue weighted by atomic mass is 9.83. The third-order valence-electron chi connectivity index (χ3n) is 2.69. The number of carbonyl (C=O) groups is 1. The average Bonchev–Trinajstić information content (AvgIpc) is 2.35. The number of hydrogen-bond acceptors (Lipinski definition) is 2. The van der Waals surface area contributed by atoms with E-state index in [9.17, 15) is 48.7 Å². The third-order valence-corrected chi connectivity index (χ3v) is 2.69. The van der Waals surface area contributed by atoms with E-state index in [0.29, 0.717) is 5.57 Å². The Bertz CT molecular complexity index is 455. The van der Waals surface area contributed by atoms with Gasteiger partial charge < -0.3 is 4.74 Å². The molecule has 0 bridgehead atoms. The maximum Gasteiger partial charge on any atom is 0.384 e. The van der Waals surface area contributed by atoms with Crippen molar-refractivity contribution >= 4 is 5.97 Å². The minimum absolute atomic E-state index is 0.347. The molecule has 0 unspecified atom stereocenters. The SMILES string of the molecule is C=C(C)C(=O)OC.FC1(F)CC(F)(F)C(F)(F)C(F)(F)C1(F)F. The third kappa shape index (κ3) is 3.25. The largest absolute Gasteiger partial charge is 0.466 e. The van der Waals surface area contributed by atoms with Crippen molar-refractivity contribution in [3.8, 4) is 0 Å². The van der Waals surface area contributed by atoms with Gasteiger partial charge in [0.25, 0.3) is 0 Å². The molecular weight excluding hydrogens is 354 g/mol. The van der Waals surface area contributed by atoms with Crippen molar-refractivity contribution in [2.75, 3.05) is 7.11 Å². The molecule has 0 radical (unpaired) electrons. The van der Waals surface area contributed by atoms with Crippen molar-refractivity contribution in [1.82, 2.24) is 0 Å². The van der Waals surface area contributed by atoms with Crippen LogP contribution in [0.4, 0.5) is 43.9 Å². The molecule has 0 atom stereocenters. The summed E-state index contributed by atoms with van der Waals surface area (Å²) in [6.07, 6.45) is -3.34. The zero-order valence-corrected chi connectivity index (χ0v) is 11.5. The molecule has 1 aliphatic carbocycles. The van der Waals surface area contributed by atoms with Gasteiger partial charge in [-0.25, -0.2) is 4.79 Å². The first-order valence-corrected chi connectivity index (χ1v) is 5.52. The Morgan fingerprint density at radius 2 is 1.13 bits per heavy atom. The number of methoxy groups -OCH3 is 1. The standard InChI is InChI=1S/C6H2F10.C5H8O2/c7-2(8)1-3(9,10)5(13,14)6(15,16)4(2,11)12;1-4(2)5(6)7-3/h1H2;1H2,2-3H3. The van der Waals surface area contributed by atoms with Gasteiger partial charge in [-0.2, -0.15) is 43.9 Å². The number of alkyl halides is 10. The Hall–Kier alpha value is -1.49. The van der Waals surface area contributed by atoms with Gasteiger partial charge in [0.1, 0.15) is 0 Å². The first kappa shape index (κ1) is 21.5. The molecule has 1 fully saturated rings. The summed E-state index contributed by atoms with van der Waals surface area (Å²) < 4.78 is 127. The molecule has 0 aliphatic heterocycles. The molecule has 0 aromatic heterocycles. The van der Waals surface area contributed by atoms with Crippen LogP contribution < -0.4 is 0 Å². The lowest BCUT2D eigenvalue weighted by Gasteiger charge is -2.45. The quantitative estimate of drug-likeness (QED) is 0.394. The van der Waals surface area contributed by atoms with Crippen molar-refractivity contribution in [1.29, 1.82) is 0 Å². The molecule has 1 aliphatic rings. The number of carbonyl (C=O) groups excluding carboxylic acids is 1. The van der Waals surface area contributed by atoms with Gasteiger partial charge >= 0.3 is 35.6 Å². The van der Waals surface area contributed by atoms with Gasteiger partial charge in [0.05, 0.1) is 13.5 Å². The number of esters is 1. The zero-order valence-electron chi connectivity index (χ0n) is 11.5. The summed E-state index contributed by atoms with van der Waals surface area (Å²) in [5.41, 5.74) is 0.433. The molecule has 1 rings (SSSR count). The van der Waals surface area contributed by atoms with Crippen LogP contribution in [-0.4, -0.2) is 42.7 Å². The van der Waals surface area contributed by atoms with E-state index in [-0.39, 0.29) is 5.97 Å². The van der Waals surface area contributed by atoms with Crippen molar-refractivity contribution in [3.05, 3.63) is 12.2 Å². The van der Waals surface area contributed by atoms with Crippen LogP contribution in [0.15, 0.2) is 12.2 Å². The minimum atomic E-state index is -6.83. The maximum absolute atomic E-state index is 12.3. The maximum atomic E-state index is 12.3. The van der Waals surface area contributed by atoms with Gasteiger partial charge in [-0.05, 0) is 6.92 Å². The van der Waals surface area contributed by atoms with Gasteiger partial charge in [-0.15, -0.1) is 0 Å². The Labute approximate surface area is 123 Å². The molecule has 12 heteroatoms. The van der Waals surface area contributed by atoms with E-state index in [2.05, 4.69) is 11.3 Å². The number of halogens is 10. The molecule has 2 nitrogen and oxygen atoms in total. The summed E-state index contributed by atoms with van der Waals surface area (Å²) in [6, 6.07) is 0. The molecule has 0 N–H and O–H groups in total. The second-order valence-corrected chi connectivity index (χ2v) is 4.58. The Kier molecular flexibility index (Phi) is 5.48. The molecule has 0 aromatic rings. The second kappa shape index (κ2) is 5.86. The molecule has 0 amide bonds. The first-order chi connectivity index (χ1) is 9.89. The van der Waals surface area contributed by atoms with Crippen LogP contribution in [0.3, 0.4) is 0 Å². The van der Waals surface area contributed by atoms with E-state index in [1.807, 2.05) is 0 Å². The second-order valence-electron chi connectivity index (χ2n) is 4.58. The highest BCUT2D eigenvalue weighted by molar-refractivity contribution is 5.86. The van der Waals surface area contributed by atoms with Crippen LogP contribution in [-0.2, 0) is 9.53 Å². The van der Waals surface area contributed by atoms with Crippen LogP contribution in [0.25, 0.3) is 0 Å². The van der Waals surface area contributed by atoms with Gasteiger partial charge in [0.2, 0.25) is 0 Å². The first-order valence-electron chi connectivity index (χ1n) is 5.52. The highest BCUT2D eigenvalue weighted by Crippen LogP contribution is 2.64. The molecule has 0 spiro atoms. The highest BCUT2D eigenvalue weighted by atomic mass is 19.4. The summed E-state index contributed by atoms with van der Waals surface area (Å²) >= 11 is 0. The predicted octanol–water partition coefficient (Wildman–Crippen LogP) is 4.30. The van der Waals surface area contributed by atoms with E-state index in [0.717, 1.165) is 0 Å². The van der Waals surface area contributed by atoms with Crippen molar-refractivity contribution in [2.45, 2.75) is 43.0 Å². The number of rotatable bonds is 1. The fraction of sp³-hybridized carbons (Fsp3) is 0.727. The summed E-state index contributed by atoms with van der Waals surface area (Å²) in [6.45, 7) is 4.95. The molecular formula is C11H10F10O2. The Morgan fingerprint density at radius 1 is 0.826 bits per heavy atom. The number of hydrogen-bond donors (Lipinski definition) is 0. The average molecular weight is 364 g/mol. The van der Waals surface area contributed by atoms with E-state index < -0.39 is 36.0 Å². The van der Waals surface area contributed by atoms with Crippen LogP contribution >= 0.6 is 0 Å². The molecule has 0 saturated heterocycles. The number of ether oxygens (including phenoxy) is 1. The molecule has 136 valence electrons. The van der Waals surface area contributed by atoms with Crippen molar-refractivity contribution in [3.63, 3.8) is 0 Å². The van der Waals surface area contributed by atoms with E-state index in [1.165, 1.54) is 7.11 Å². The van der Waals surface area contributed by atoms with Crippen molar-refractivity contribution < 1.29 is 53.4 Å². The van der Waals surface area contributed by atoms with Crippen LogP contribution in [0, 0.1) is 0 Å². The van der Waals surface area contributed by atoms with Crippen molar-refractivity contribution in [2.24, 2.45) is 0 Å². The highest BCUT2D eigenvalue weighted by Gasteiger charge is 2.91. The van der Waals surface area contributed by atoms with E-state index in [1.54, 1.807) is 6.92 Å². The lowest BCUT2D eigenvalue weighted by molar-refractivity contribution is -0.443. The summed E-state index contributed by atoms with van der Waals surface area (Å²) in [5, 5.41) is 0. The fourth-order valence-corrected chi connectivity index (χ4v) is 1.33. The van der Waals surface area contributed by atoms with E-state index in [4.69, 9.17) is 0 Å². The molecule has 1 saturated carbocycles. The van der Waals surface area contributed by atoms with Gasteiger partial charge in [0, 0.05) is 5.57 Å². The summed E-state index contributed by atoms with van der Waals surface area (Å²) in [7, 11) is 1.33. The minimum Gasteiger partial charge on any atom is -0.466 e. The fourth-order valence-electron chi connectivity index (χ4n) is 1.33. The monoisotopic (exact) mass is 364 g/mol. The molecule has 23 heavy (non-hydrogen) atoms. The predicted molar refractivity (Wildman–Crippen MR) is 56.2 cm³/mol. The summed E-state index contributed by atoms with van der Waals surface area (Å²) in [4.78, 5) is 10.2. The normalized spacial score (nSPS) is 25.6. The lowest BCUT2D eigenvalue weighted by Crippen LogP contribution is -2.73. The van der Waals surface area contributed by atoms with Crippen LogP contribution in [0.5, 0.6) is 0 Å². The van der Waals surface area contributed by atoms with Crippen LogP contribution in [0.1, 0.15) is 13.3 Å². The summed E-state index contributed by atoms with van der Waals surface area (Å²) in [5.74, 6) is -32.1. The zero-order chi connectivity index (χ0) is 19.1. The van der Waals surface area contributed by atoms with Gasteiger partial charge in [0.15, 0.2) is 0 Å². The topological polar surface area (TPSA) is 26.3 Å². The Morgan fingerprint density at radius 3 is 1.30 bits per heavy atom. The van der Waals surface area contributed by atoms with Gasteiger partial charge in [-0.3, -0.25) is 0 Å². The molecule has 0 aromatic carbocycles. The Balaban J connectivity index is 0.000000585. The smallest absolute Gasteiger partial charge is 0.384 e.